The number of carbonyl (C=O) groups is 1. The molecule has 0 bridgehead atoms. The average molecular weight is 316 g/mol. The average Bonchev–Trinajstić information content (AvgIpc) is 3.04. The minimum atomic E-state index is 0. The number of halogens is 1. The molecule has 0 aromatic carbocycles. The summed E-state index contributed by atoms with van der Waals surface area (Å²) < 4.78 is 0. The number of thiazole rings is 1. The number of likely N-dealkylation sites (tertiary alicyclic amines) is 1. The predicted molar refractivity (Wildman–Crippen MR) is 83.5 cm³/mol. The van der Waals surface area contributed by atoms with Crippen LogP contribution in [0.15, 0.2) is 5.38 Å². The SMILES string of the molecule is Cl.NCCc1nc(C(=O)N2CC3CCCCC3C2)cs1. The van der Waals surface area contributed by atoms with Crippen LogP contribution in [-0.2, 0) is 6.42 Å². The summed E-state index contributed by atoms with van der Waals surface area (Å²) in [5.41, 5.74) is 6.14. The van der Waals surface area contributed by atoms with Gasteiger partial charge in [-0.15, -0.1) is 23.7 Å². The minimum Gasteiger partial charge on any atom is -0.337 e. The maximum atomic E-state index is 12.4. The van der Waals surface area contributed by atoms with Crippen LogP contribution in [0.5, 0.6) is 0 Å². The molecule has 20 heavy (non-hydrogen) atoms. The quantitative estimate of drug-likeness (QED) is 0.931. The molecule has 2 aliphatic rings. The van der Waals surface area contributed by atoms with Crippen molar-refractivity contribution in [1.82, 2.24) is 9.88 Å². The van der Waals surface area contributed by atoms with Crippen molar-refractivity contribution in [1.29, 1.82) is 0 Å². The first kappa shape index (κ1) is 15.7. The van der Waals surface area contributed by atoms with Gasteiger partial charge in [-0.3, -0.25) is 4.79 Å². The van der Waals surface area contributed by atoms with E-state index >= 15 is 0 Å². The summed E-state index contributed by atoms with van der Waals surface area (Å²) in [5, 5.41) is 2.86. The second-order valence-corrected chi connectivity index (χ2v) is 6.62. The lowest BCUT2D eigenvalue weighted by Gasteiger charge is -2.22. The molecule has 1 aromatic heterocycles. The van der Waals surface area contributed by atoms with Crippen LogP contribution in [-0.4, -0.2) is 35.4 Å². The van der Waals surface area contributed by atoms with Gasteiger partial charge < -0.3 is 10.6 Å². The molecular weight excluding hydrogens is 294 g/mol. The number of aromatic nitrogens is 1. The molecule has 2 N–H and O–H groups in total. The molecule has 2 atom stereocenters. The molecule has 1 saturated carbocycles. The number of hydrogen-bond donors (Lipinski definition) is 1. The zero-order valence-electron chi connectivity index (χ0n) is 11.6. The summed E-state index contributed by atoms with van der Waals surface area (Å²) in [6.45, 7) is 2.47. The van der Waals surface area contributed by atoms with Gasteiger partial charge in [-0.25, -0.2) is 4.98 Å². The Labute approximate surface area is 130 Å². The van der Waals surface area contributed by atoms with Crippen LogP contribution in [0.25, 0.3) is 0 Å². The van der Waals surface area contributed by atoms with E-state index in [0.29, 0.717) is 12.2 Å². The largest absolute Gasteiger partial charge is 0.337 e. The number of hydrogen-bond acceptors (Lipinski definition) is 4. The highest BCUT2D eigenvalue weighted by molar-refractivity contribution is 7.09. The van der Waals surface area contributed by atoms with E-state index in [1.807, 2.05) is 10.3 Å². The fourth-order valence-corrected chi connectivity index (χ4v) is 4.17. The Morgan fingerprint density at radius 3 is 2.60 bits per heavy atom. The first-order valence-corrected chi connectivity index (χ1v) is 8.09. The van der Waals surface area contributed by atoms with Crippen LogP contribution < -0.4 is 5.73 Å². The van der Waals surface area contributed by atoms with Crippen molar-refractivity contribution < 1.29 is 4.79 Å². The van der Waals surface area contributed by atoms with Crippen LogP contribution in [0, 0.1) is 11.8 Å². The zero-order valence-corrected chi connectivity index (χ0v) is 13.2. The lowest BCUT2D eigenvalue weighted by Crippen LogP contribution is -2.29. The molecule has 1 amide bonds. The van der Waals surface area contributed by atoms with Gasteiger partial charge in [0.1, 0.15) is 5.69 Å². The molecule has 4 nitrogen and oxygen atoms in total. The van der Waals surface area contributed by atoms with Crippen LogP contribution in [0.1, 0.15) is 41.2 Å². The van der Waals surface area contributed by atoms with E-state index in [9.17, 15) is 4.79 Å². The molecule has 6 heteroatoms. The Balaban J connectivity index is 0.00000147. The van der Waals surface area contributed by atoms with Gasteiger partial charge in [0.2, 0.25) is 0 Å². The number of nitrogens with zero attached hydrogens (tertiary/aromatic N) is 2. The van der Waals surface area contributed by atoms with E-state index in [0.717, 1.165) is 36.4 Å². The highest BCUT2D eigenvalue weighted by Crippen LogP contribution is 2.36. The van der Waals surface area contributed by atoms with Crippen molar-refractivity contribution >= 4 is 29.7 Å². The van der Waals surface area contributed by atoms with E-state index in [1.54, 1.807) is 11.3 Å². The van der Waals surface area contributed by atoms with Gasteiger partial charge in [0.25, 0.3) is 5.91 Å². The molecule has 112 valence electrons. The second kappa shape index (κ2) is 6.87. The highest BCUT2D eigenvalue weighted by Gasteiger charge is 2.37. The van der Waals surface area contributed by atoms with Crippen molar-refractivity contribution in [2.24, 2.45) is 17.6 Å². The molecule has 0 radical (unpaired) electrons. The molecule has 1 aromatic rings. The molecular formula is C14H22ClN3OS. The van der Waals surface area contributed by atoms with Crippen LogP contribution in [0.3, 0.4) is 0 Å². The normalized spacial score (nSPS) is 25.1. The van der Waals surface area contributed by atoms with Gasteiger partial charge in [0, 0.05) is 24.9 Å². The summed E-state index contributed by atoms with van der Waals surface area (Å²) >= 11 is 1.55. The predicted octanol–water partition coefficient (Wildman–Crippen LogP) is 2.33. The Morgan fingerprint density at radius 2 is 2.00 bits per heavy atom. The number of carbonyl (C=O) groups excluding carboxylic acids is 1. The van der Waals surface area contributed by atoms with Crippen molar-refractivity contribution in [2.45, 2.75) is 32.1 Å². The van der Waals surface area contributed by atoms with Crippen molar-refractivity contribution in [3.8, 4) is 0 Å². The number of amides is 1. The standard InChI is InChI=1S/C14H21N3OS.ClH/c15-6-5-13-16-12(9-19-13)14(18)17-7-10-3-1-2-4-11(10)8-17;/h9-11H,1-8,15H2;1H. The zero-order chi connectivity index (χ0) is 13.2. The van der Waals surface area contributed by atoms with E-state index in [4.69, 9.17) is 5.73 Å². The summed E-state index contributed by atoms with van der Waals surface area (Å²) in [5.74, 6) is 1.59. The van der Waals surface area contributed by atoms with Crippen LogP contribution >= 0.6 is 23.7 Å². The Morgan fingerprint density at radius 1 is 1.35 bits per heavy atom. The Kier molecular flexibility index (Phi) is 5.41. The van der Waals surface area contributed by atoms with Gasteiger partial charge in [-0.2, -0.15) is 0 Å². The summed E-state index contributed by atoms with van der Waals surface area (Å²) in [4.78, 5) is 18.9. The van der Waals surface area contributed by atoms with Gasteiger partial charge in [-0.05, 0) is 31.2 Å². The maximum Gasteiger partial charge on any atom is 0.273 e. The highest BCUT2D eigenvalue weighted by atomic mass is 35.5. The fraction of sp³-hybridized carbons (Fsp3) is 0.714. The van der Waals surface area contributed by atoms with Crippen LogP contribution in [0.4, 0.5) is 0 Å². The summed E-state index contributed by atoms with van der Waals surface area (Å²) in [6, 6.07) is 0. The number of nitrogens with two attached hydrogens (primary N) is 1. The topological polar surface area (TPSA) is 59.2 Å². The molecule has 2 unspecified atom stereocenters. The smallest absolute Gasteiger partial charge is 0.273 e. The van der Waals surface area contributed by atoms with E-state index in [-0.39, 0.29) is 18.3 Å². The molecule has 2 heterocycles. The first-order valence-electron chi connectivity index (χ1n) is 7.21. The lowest BCUT2D eigenvalue weighted by atomic mass is 9.82. The molecule has 2 fully saturated rings. The van der Waals surface area contributed by atoms with Crippen molar-refractivity contribution in [3.63, 3.8) is 0 Å². The van der Waals surface area contributed by atoms with Gasteiger partial charge in [0.05, 0.1) is 5.01 Å². The van der Waals surface area contributed by atoms with Crippen molar-refractivity contribution in [2.75, 3.05) is 19.6 Å². The van der Waals surface area contributed by atoms with E-state index in [2.05, 4.69) is 4.98 Å². The van der Waals surface area contributed by atoms with Gasteiger partial charge in [0.15, 0.2) is 0 Å². The third-order valence-corrected chi connectivity index (χ3v) is 5.30. The maximum absolute atomic E-state index is 12.4. The van der Waals surface area contributed by atoms with E-state index < -0.39 is 0 Å². The third-order valence-electron chi connectivity index (χ3n) is 4.39. The number of fused-ring (bicyclic) bond motifs is 1. The second-order valence-electron chi connectivity index (χ2n) is 5.68. The molecule has 1 saturated heterocycles. The lowest BCUT2D eigenvalue weighted by molar-refractivity contribution is 0.0779. The van der Waals surface area contributed by atoms with Crippen molar-refractivity contribution in [3.05, 3.63) is 16.1 Å². The molecule has 1 aliphatic carbocycles. The summed E-state index contributed by atoms with van der Waals surface area (Å²) in [7, 11) is 0. The fourth-order valence-electron chi connectivity index (χ4n) is 3.38. The Hall–Kier alpha value is -0.650. The van der Waals surface area contributed by atoms with Crippen LogP contribution in [0.2, 0.25) is 0 Å². The minimum absolute atomic E-state index is 0. The summed E-state index contributed by atoms with van der Waals surface area (Å²) in [6.07, 6.45) is 6.03. The molecule has 0 spiro atoms. The molecule has 3 rings (SSSR count). The first-order chi connectivity index (χ1) is 9.28. The van der Waals surface area contributed by atoms with Gasteiger partial charge >= 0.3 is 0 Å². The Bertz CT molecular complexity index is 451. The monoisotopic (exact) mass is 315 g/mol. The third kappa shape index (κ3) is 3.15. The van der Waals surface area contributed by atoms with E-state index in [1.165, 1.54) is 25.7 Å². The van der Waals surface area contributed by atoms with Gasteiger partial charge in [-0.1, -0.05) is 12.8 Å². The molecule has 1 aliphatic heterocycles. The number of rotatable bonds is 3.